The van der Waals surface area contributed by atoms with Crippen LogP contribution in [-0.4, -0.2) is 27.9 Å². The molecule has 0 atom stereocenters. The number of allylic oxidation sites excluding steroid dienone is 1. The molecule has 0 spiro atoms. The molecule has 0 rings (SSSR count). The van der Waals surface area contributed by atoms with Crippen molar-refractivity contribution in [3.8, 4) is 0 Å². The monoisotopic (exact) mass is 78.0 g/mol. The molecule has 0 heterocycles. The van der Waals surface area contributed by atoms with Crippen molar-refractivity contribution in [2.45, 2.75) is 13.8 Å². The Kier molecular flexibility index (Phi) is 3.39. The summed E-state index contributed by atoms with van der Waals surface area (Å²) in [5, 5.41) is 0. The zero-order valence-corrected chi connectivity index (χ0v) is 6.08. The second kappa shape index (κ2) is 2.95. The average Bonchev–Trinajstić information content (AvgIpc) is 1.38. The molecular weight excluding hydrogens is 71.0 g/mol. The van der Waals surface area contributed by atoms with Crippen molar-refractivity contribution in [2.75, 3.05) is 0 Å². The number of rotatable bonds is 0. The summed E-state index contributed by atoms with van der Waals surface area (Å²) in [5.41, 5.74) is 1.44. The molecule has 1 heteroatoms. The van der Waals surface area contributed by atoms with Crippen LogP contribution >= 0.6 is 0 Å². The Morgan fingerprint density at radius 2 is 1.80 bits per heavy atom. The normalized spacial score (nSPS) is 7.20. The van der Waals surface area contributed by atoms with Crippen LogP contribution in [0.15, 0.2) is 8.90 Å². The first kappa shape index (κ1) is 5.74. The van der Waals surface area contributed by atoms with Crippen molar-refractivity contribution in [1.29, 1.82) is 0 Å². The quantitative estimate of drug-likeness (QED) is 0.380. The van der Waals surface area contributed by atoms with E-state index in [1.165, 1.54) is 33.5 Å². The van der Waals surface area contributed by atoms with Gasteiger partial charge in [-0.25, -0.2) is 0 Å². The van der Waals surface area contributed by atoms with Crippen LogP contribution in [0.25, 0.3) is 0 Å². The molecule has 0 amide bonds. The van der Waals surface area contributed by atoms with Crippen molar-refractivity contribution in [1.82, 2.24) is 0 Å². The first-order valence-electron chi connectivity index (χ1n) is 1.87. The summed E-state index contributed by atoms with van der Waals surface area (Å²) in [4.78, 5) is 0. The molecule has 0 N–H and O–H groups in total. The van der Waals surface area contributed by atoms with E-state index in [0.717, 1.165) is 0 Å². The zero-order chi connectivity index (χ0) is 4.28. The molecule has 0 aromatic heterocycles. The van der Waals surface area contributed by atoms with E-state index in [9.17, 15) is 0 Å². The van der Waals surface area contributed by atoms with E-state index in [2.05, 4.69) is 17.2 Å². The first-order valence-corrected chi connectivity index (χ1v) is 3.02. The van der Waals surface area contributed by atoms with Crippen LogP contribution in [0.3, 0.4) is 0 Å². The molecule has 5 heavy (non-hydrogen) atoms. The second-order valence-electron chi connectivity index (χ2n) is 1.37. The van der Waals surface area contributed by atoms with Gasteiger partial charge in [-0.1, -0.05) is 0 Å². The fourth-order valence-corrected chi connectivity index (χ4v) is 0. The topological polar surface area (TPSA) is 0 Å². The van der Waals surface area contributed by atoms with E-state index in [-0.39, 0.29) is 0 Å². The van der Waals surface area contributed by atoms with Gasteiger partial charge >= 0.3 is 50.7 Å². The second-order valence-corrected chi connectivity index (χ2v) is 1.94. The van der Waals surface area contributed by atoms with Crippen LogP contribution in [0.2, 0.25) is 0 Å². The Morgan fingerprint density at radius 3 is 1.80 bits per heavy atom. The van der Waals surface area contributed by atoms with Crippen molar-refractivity contribution in [2.24, 2.45) is 0 Å². The van der Waals surface area contributed by atoms with Gasteiger partial charge in [0.1, 0.15) is 0 Å². The van der Waals surface area contributed by atoms with E-state index in [4.69, 9.17) is 0 Å². The van der Waals surface area contributed by atoms with E-state index in [1.807, 2.05) is 0 Å². The van der Waals surface area contributed by atoms with Crippen LogP contribution < -0.4 is 0 Å². The van der Waals surface area contributed by atoms with Crippen molar-refractivity contribution >= 4 is 27.9 Å². The zero-order valence-electron chi connectivity index (χ0n) is 4.08. The van der Waals surface area contributed by atoms with Gasteiger partial charge < -0.3 is 0 Å². The van der Waals surface area contributed by atoms with E-state index in [1.54, 1.807) is 0 Å². The van der Waals surface area contributed by atoms with E-state index >= 15 is 0 Å². The summed E-state index contributed by atoms with van der Waals surface area (Å²) < 4.78 is 2.22. The van der Waals surface area contributed by atoms with Crippen LogP contribution in [0, 0.1) is 0 Å². The van der Waals surface area contributed by atoms with Gasteiger partial charge in [-0.3, -0.25) is 0 Å². The Hall–Kier alpha value is 0.740. The molecule has 0 nitrogen and oxygen atoms in total. The van der Waals surface area contributed by atoms with Gasteiger partial charge in [0.15, 0.2) is 0 Å². The molecular formula is C4H7Na. The van der Waals surface area contributed by atoms with Crippen LogP contribution in [0.4, 0.5) is 0 Å². The van der Waals surface area contributed by atoms with E-state index < -0.39 is 0 Å². The molecule has 0 bridgehead atoms. The third-order valence-corrected chi connectivity index (χ3v) is 1.73. The van der Waals surface area contributed by atoms with Gasteiger partial charge in [-0.2, -0.15) is 0 Å². The maximum absolute atomic E-state index is 2.22. The predicted molar refractivity (Wildman–Crippen MR) is 25.2 cm³/mol. The summed E-state index contributed by atoms with van der Waals surface area (Å²) >= 11 is 1.21. The summed E-state index contributed by atoms with van der Waals surface area (Å²) in [6.07, 6.45) is 0. The first-order chi connectivity index (χ1) is 2.27. The summed E-state index contributed by atoms with van der Waals surface area (Å²) in [7, 11) is 0. The predicted octanol–water partition coefficient (Wildman–Crippen LogP) is 1.08. The molecule has 0 aliphatic carbocycles. The van der Waals surface area contributed by atoms with Crippen molar-refractivity contribution in [3.05, 3.63) is 8.90 Å². The molecule has 0 radical (unpaired) electrons. The minimum absolute atomic E-state index is 1.21. The van der Waals surface area contributed by atoms with Gasteiger partial charge in [-0.15, -0.1) is 0 Å². The number of hydrogen-bond acceptors (Lipinski definition) is 0. The molecule has 0 aliphatic rings. The Labute approximate surface area is 50.7 Å². The Bertz CT molecular complexity index is 41.6. The average molecular weight is 78.1 g/mol. The van der Waals surface area contributed by atoms with Crippen molar-refractivity contribution in [3.63, 3.8) is 0 Å². The van der Waals surface area contributed by atoms with Gasteiger partial charge in [0, 0.05) is 0 Å². The molecule has 0 aliphatic heterocycles. The fourth-order valence-electron chi connectivity index (χ4n) is 0. The van der Waals surface area contributed by atoms with Crippen LogP contribution in [0.1, 0.15) is 13.8 Å². The standard InChI is InChI=1S/C4H7.Na/c1-4(2)3;/h1H,2-3H3;. The van der Waals surface area contributed by atoms with Gasteiger partial charge in [-0.05, 0) is 0 Å². The summed E-state index contributed by atoms with van der Waals surface area (Å²) in [5.74, 6) is 0. The van der Waals surface area contributed by atoms with Gasteiger partial charge in [0.2, 0.25) is 0 Å². The number of hydrogen-bond donors (Lipinski definition) is 0. The summed E-state index contributed by atoms with van der Waals surface area (Å²) in [6.45, 7) is 4.24. The third kappa shape index (κ3) is 4.74. The third-order valence-electron chi connectivity index (χ3n) is 0.577. The molecule has 0 fully saturated rings. The van der Waals surface area contributed by atoms with Crippen LogP contribution in [0.5, 0.6) is 0 Å². The van der Waals surface area contributed by atoms with E-state index in [0.29, 0.717) is 0 Å². The molecule has 0 saturated heterocycles. The summed E-state index contributed by atoms with van der Waals surface area (Å²) in [6, 6.07) is 0. The minimum atomic E-state index is 1.21. The fraction of sp³-hybridized carbons (Fsp3) is 0.500. The Morgan fingerprint density at radius 1 is 1.60 bits per heavy atom. The molecule has 0 aromatic rings. The Balaban J connectivity index is 3.14. The van der Waals surface area contributed by atoms with Gasteiger partial charge in [0.25, 0.3) is 0 Å². The molecule has 0 aromatic carbocycles. The molecule has 0 saturated carbocycles. The maximum atomic E-state index is 2.22. The molecule has 0 unspecified atom stereocenters. The van der Waals surface area contributed by atoms with Crippen LogP contribution in [-0.2, 0) is 0 Å². The van der Waals surface area contributed by atoms with Crippen molar-refractivity contribution < 1.29 is 0 Å². The SMILES string of the molecule is CC(C)=[CH][Na]. The van der Waals surface area contributed by atoms with Gasteiger partial charge in [0.05, 0.1) is 0 Å². The molecule has 24 valence electrons.